The fourth-order valence-electron chi connectivity index (χ4n) is 4.51. The second-order valence-electron chi connectivity index (χ2n) is 8.05. The number of fused-ring (bicyclic) bond motifs is 2. The molecule has 0 radical (unpaired) electrons. The maximum atomic E-state index is 13.5. The highest BCUT2D eigenvalue weighted by Crippen LogP contribution is 2.28. The molecule has 0 atom stereocenters. The first-order chi connectivity index (χ1) is 14.5. The van der Waals surface area contributed by atoms with Gasteiger partial charge in [-0.15, -0.1) is 0 Å². The van der Waals surface area contributed by atoms with Gasteiger partial charge in [-0.1, -0.05) is 11.3 Å². The molecule has 6 nitrogen and oxygen atoms in total. The maximum Gasteiger partial charge on any atom is 0.278 e. The Labute approximate surface area is 177 Å². The van der Waals surface area contributed by atoms with E-state index in [2.05, 4.69) is 25.7 Å². The van der Waals surface area contributed by atoms with Crippen LogP contribution in [0.25, 0.3) is 15.9 Å². The number of hydrogen-bond donors (Lipinski definition) is 0. The lowest BCUT2D eigenvalue weighted by molar-refractivity contribution is 0.190. The highest BCUT2D eigenvalue weighted by atomic mass is 32.1. The third-order valence-electron chi connectivity index (χ3n) is 6.12. The zero-order valence-electron chi connectivity index (χ0n) is 17.1. The van der Waals surface area contributed by atoms with E-state index < -0.39 is 0 Å². The molecule has 4 aromatic rings. The Balaban J connectivity index is 1.26. The van der Waals surface area contributed by atoms with Gasteiger partial charge in [0.2, 0.25) is 4.96 Å². The molecule has 1 saturated heterocycles. The van der Waals surface area contributed by atoms with Crippen LogP contribution in [-0.2, 0) is 6.42 Å². The van der Waals surface area contributed by atoms with Crippen LogP contribution in [0, 0.1) is 19.7 Å². The Morgan fingerprint density at radius 1 is 1.20 bits per heavy atom. The number of rotatable bonds is 4. The highest BCUT2D eigenvalue weighted by Gasteiger charge is 2.22. The van der Waals surface area contributed by atoms with E-state index >= 15 is 0 Å². The van der Waals surface area contributed by atoms with Gasteiger partial charge in [-0.2, -0.15) is 9.61 Å². The highest BCUT2D eigenvalue weighted by molar-refractivity contribution is 7.16. The van der Waals surface area contributed by atoms with Gasteiger partial charge in [0.25, 0.3) is 5.56 Å². The minimum absolute atomic E-state index is 0.0391. The van der Waals surface area contributed by atoms with E-state index in [1.54, 1.807) is 6.07 Å². The number of aromatic nitrogens is 4. The van der Waals surface area contributed by atoms with Crippen molar-refractivity contribution in [2.75, 3.05) is 19.6 Å². The lowest BCUT2D eigenvalue weighted by atomic mass is 10.0. The van der Waals surface area contributed by atoms with Crippen molar-refractivity contribution in [1.82, 2.24) is 24.1 Å². The molecular weight excluding hydrogens is 401 g/mol. The molecule has 4 heterocycles. The predicted octanol–water partition coefficient (Wildman–Crippen LogP) is 3.74. The van der Waals surface area contributed by atoms with Crippen LogP contribution in [0.1, 0.15) is 35.1 Å². The second-order valence-corrected chi connectivity index (χ2v) is 9.21. The average molecular weight is 426 g/mol. The number of aryl methyl sites for hydroxylation is 2. The molecule has 1 fully saturated rings. The molecule has 0 unspecified atom stereocenters. The molecule has 1 aliphatic heterocycles. The van der Waals surface area contributed by atoms with Crippen molar-refractivity contribution < 1.29 is 4.39 Å². The number of piperidine rings is 1. The van der Waals surface area contributed by atoms with Crippen molar-refractivity contribution >= 4 is 27.2 Å². The monoisotopic (exact) mass is 425 g/mol. The van der Waals surface area contributed by atoms with Crippen molar-refractivity contribution in [3.8, 4) is 0 Å². The number of nitrogens with zero attached hydrogens (tertiary/aromatic N) is 5. The van der Waals surface area contributed by atoms with Crippen LogP contribution < -0.4 is 5.56 Å². The summed E-state index contributed by atoms with van der Waals surface area (Å²) >= 11 is 1.44. The van der Waals surface area contributed by atoms with Crippen molar-refractivity contribution in [2.24, 2.45) is 0 Å². The maximum absolute atomic E-state index is 13.5. The van der Waals surface area contributed by atoms with E-state index in [1.165, 1.54) is 21.9 Å². The minimum Gasteiger partial charge on any atom is -0.344 e. The molecule has 0 N–H and O–H groups in total. The fraction of sp³-hybridized carbons (Fsp3) is 0.409. The molecule has 3 aromatic heterocycles. The summed E-state index contributed by atoms with van der Waals surface area (Å²) in [6.45, 7) is 6.62. The standard InChI is InChI=1S/C22H24FN5OS/c1-14-19(21(29)28-22(24-14)30-15(2)25-28)8-11-26-9-6-18(7-10-26)27-12-5-16-13-17(23)3-4-20(16)27/h3-5,12-13,18H,6-11H2,1-2H3. The summed E-state index contributed by atoms with van der Waals surface area (Å²) < 4.78 is 17.2. The number of hydrogen-bond acceptors (Lipinski definition) is 5. The molecule has 0 spiro atoms. The second kappa shape index (κ2) is 7.59. The van der Waals surface area contributed by atoms with E-state index in [0.717, 1.165) is 59.6 Å². The molecule has 30 heavy (non-hydrogen) atoms. The summed E-state index contributed by atoms with van der Waals surface area (Å²) in [5.41, 5.74) is 2.63. The van der Waals surface area contributed by atoms with Crippen LogP contribution in [-0.4, -0.2) is 43.7 Å². The zero-order valence-corrected chi connectivity index (χ0v) is 18.0. The van der Waals surface area contributed by atoms with Crippen LogP contribution in [0.2, 0.25) is 0 Å². The SMILES string of the molecule is Cc1nn2c(=O)c(CCN3CCC(n4ccc5cc(F)ccc54)CC3)c(C)nc2s1. The van der Waals surface area contributed by atoms with Gasteiger partial charge in [0.05, 0.1) is 0 Å². The molecule has 0 saturated carbocycles. The first-order valence-corrected chi connectivity index (χ1v) is 11.2. The topological polar surface area (TPSA) is 55.4 Å². The Bertz CT molecular complexity index is 1280. The van der Waals surface area contributed by atoms with Gasteiger partial charge >= 0.3 is 0 Å². The zero-order chi connectivity index (χ0) is 20.8. The van der Waals surface area contributed by atoms with Gasteiger partial charge in [-0.25, -0.2) is 9.37 Å². The van der Waals surface area contributed by atoms with Crippen LogP contribution in [0.4, 0.5) is 4.39 Å². The Morgan fingerprint density at radius 2 is 2.00 bits per heavy atom. The molecule has 0 bridgehead atoms. The molecule has 0 aliphatic carbocycles. The van der Waals surface area contributed by atoms with Crippen LogP contribution >= 0.6 is 11.3 Å². The third-order valence-corrected chi connectivity index (χ3v) is 6.95. The Kier molecular flexibility index (Phi) is 4.91. The first kappa shape index (κ1) is 19.4. The molecular formula is C22H24FN5OS. The van der Waals surface area contributed by atoms with E-state index in [4.69, 9.17) is 0 Å². The van der Waals surface area contributed by atoms with Gasteiger partial charge in [-0.3, -0.25) is 4.79 Å². The first-order valence-electron chi connectivity index (χ1n) is 10.3. The molecule has 5 rings (SSSR count). The number of benzene rings is 1. The van der Waals surface area contributed by atoms with Crippen molar-refractivity contribution in [2.45, 2.75) is 39.2 Å². The van der Waals surface area contributed by atoms with Crippen molar-refractivity contribution in [3.63, 3.8) is 0 Å². The van der Waals surface area contributed by atoms with Gasteiger partial charge in [0, 0.05) is 54.0 Å². The fourth-order valence-corrected chi connectivity index (χ4v) is 5.29. The summed E-state index contributed by atoms with van der Waals surface area (Å²) in [5, 5.41) is 6.10. The van der Waals surface area contributed by atoms with E-state index in [9.17, 15) is 9.18 Å². The van der Waals surface area contributed by atoms with E-state index in [-0.39, 0.29) is 11.4 Å². The molecule has 0 amide bonds. The predicted molar refractivity (Wildman–Crippen MR) is 117 cm³/mol. The average Bonchev–Trinajstić information content (AvgIpc) is 3.31. The van der Waals surface area contributed by atoms with Crippen LogP contribution in [0.3, 0.4) is 0 Å². The van der Waals surface area contributed by atoms with Gasteiger partial charge in [-0.05, 0) is 57.4 Å². The third kappa shape index (κ3) is 3.44. The quantitative estimate of drug-likeness (QED) is 0.500. The number of halogens is 1. The smallest absolute Gasteiger partial charge is 0.278 e. The lowest BCUT2D eigenvalue weighted by Crippen LogP contribution is -2.36. The minimum atomic E-state index is -0.193. The Morgan fingerprint density at radius 3 is 2.80 bits per heavy atom. The molecule has 1 aromatic carbocycles. The summed E-state index contributed by atoms with van der Waals surface area (Å²) in [4.78, 5) is 20.5. The summed E-state index contributed by atoms with van der Waals surface area (Å²) in [5.74, 6) is -0.193. The summed E-state index contributed by atoms with van der Waals surface area (Å²) in [6, 6.07) is 7.41. The molecule has 1 aliphatic rings. The normalized spacial score (nSPS) is 16.1. The van der Waals surface area contributed by atoms with Gasteiger partial charge in [0.15, 0.2) is 0 Å². The van der Waals surface area contributed by atoms with Crippen molar-refractivity contribution in [3.05, 3.63) is 62.9 Å². The summed E-state index contributed by atoms with van der Waals surface area (Å²) in [6.07, 6.45) is 4.85. The Hall–Kier alpha value is -2.58. The van der Waals surface area contributed by atoms with Crippen LogP contribution in [0.5, 0.6) is 0 Å². The molecule has 156 valence electrons. The largest absolute Gasteiger partial charge is 0.344 e. The lowest BCUT2D eigenvalue weighted by Gasteiger charge is -2.33. The van der Waals surface area contributed by atoms with Crippen LogP contribution in [0.15, 0.2) is 35.3 Å². The number of likely N-dealkylation sites (tertiary alicyclic amines) is 1. The van der Waals surface area contributed by atoms with Gasteiger partial charge in [0.1, 0.15) is 10.8 Å². The van der Waals surface area contributed by atoms with E-state index in [1.807, 2.05) is 26.0 Å². The van der Waals surface area contributed by atoms with Gasteiger partial charge < -0.3 is 9.47 Å². The summed E-state index contributed by atoms with van der Waals surface area (Å²) in [7, 11) is 0. The molecule has 8 heteroatoms. The van der Waals surface area contributed by atoms with E-state index in [0.29, 0.717) is 17.4 Å². The van der Waals surface area contributed by atoms with Crippen molar-refractivity contribution in [1.29, 1.82) is 0 Å².